The summed E-state index contributed by atoms with van der Waals surface area (Å²) in [5, 5.41) is 1.02. The van der Waals surface area contributed by atoms with Crippen molar-refractivity contribution >= 4 is 33.6 Å². The van der Waals surface area contributed by atoms with Crippen molar-refractivity contribution in [3.05, 3.63) is 146 Å². The molecule has 0 bridgehead atoms. The highest BCUT2D eigenvalue weighted by molar-refractivity contribution is 6.07. The summed E-state index contributed by atoms with van der Waals surface area (Å²) in [5.74, 6) is 0.757. The molecule has 7 heteroatoms. The monoisotopic (exact) mass is 581 g/mol. The molecule has 8 rings (SSSR count). The van der Waals surface area contributed by atoms with E-state index in [1.807, 2.05) is 92.0 Å². The molecular formula is C38H27N7. The zero-order chi connectivity index (χ0) is 30.2. The van der Waals surface area contributed by atoms with Gasteiger partial charge in [0.2, 0.25) is 0 Å². The van der Waals surface area contributed by atoms with Gasteiger partial charge in [-0.25, -0.2) is 15.0 Å². The van der Waals surface area contributed by atoms with Crippen molar-refractivity contribution in [3.8, 4) is 39.7 Å². The summed E-state index contributed by atoms with van der Waals surface area (Å²) in [5.41, 5.74) is 9.34. The molecule has 0 saturated heterocycles. The molecule has 0 aliphatic heterocycles. The van der Waals surface area contributed by atoms with Crippen molar-refractivity contribution in [2.45, 2.75) is 0 Å². The normalized spacial score (nSPS) is 11.2. The minimum Gasteiger partial charge on any atom is -0.328 e. The summed E-state index contributed by atoms with van der Waals surface area (Å²) in [6, 6.07) is 44.6. The Bertz CT molecular complexity index is 2210. The molecule has 214 valence electrons. The Morgan fingerprint density at radius 3 is 1.80 bits per heavy atom. The van der Waals surface area contributed by atoms with Gasteiger partial charge in [0.05, 0.1) is 34.0 Å². The molecule has 0 amide bonds. The Morgan fingerprint density at radius 1 is 0.556 bits per heavy atom. The summed E-state index contributed by atoms with van der Waals surface area (Å²) < 4.78 is 2.18. The summed E-state index contributed by atoms with van der Waals surface area (Å²) in [7, 11) is 2.04. The van der Waals surface area contributed by atoms with Crippen molar-refractivity contribution in [3.63, 3.8) is 0 Å². The van der Waals surface area contributed by atoms with Crippen LogP contribution in [0.15, 0.2) is 146 Å². The van der Waals surface area contributed by atoms with Gasteiger partial charge in [0.25, 0.3) is 0 Å². The van der Waals surface area contributed by atoms with Crippen LogP contribution in [0.4, 0.5) is 11.5 Å². The molecule has 0 atom stereocenters. The molecule has 5 aromatic heterocycles. The molecule has 0 saturated carbocycles. The van der Waals surface area contributed by atoms with Crippen molar-refractivity contribution in [2.75, 3.05) is 11.9 Å². The SMILES string of the molecule is CN(c1ccccc1)c1nc2c(nc1-c1ccccc1)c1ccccc1n2-c1cc(-c2ccccn2)nc(-c2ccccn2)c1. The smallest absolute Gasteiger partial charge is 0.166 e. The zero-order valence-corrected chi connectivity index (χ0v) is 24.5. The van der Waals surface area contributed by atoms with E-state index in [1.165, 1.54) is 0 Å². The van der Waals surface area contributed by atoms with Gasteiger partial charge in [-0.1, -0.05) is 78.9 Å². The summed E-state index contributed by atoms with van der Waals surface area (Å²) in [6.07, 6.45) is 3.57. The van der Waals surface area contributed by atoms with Gasteiger partial charge in [-0.3, -0.25) is 14.5 Å². The number of fused-ring (bicyclic) bond motifs is 3. The third kappa shape index (κ3) is 4.77. The highest BCUT2D eigenvalue weighted by Gasteiger charge is 2.22. The minimum absolute atomic E-state index is 0.746. The van der Waals surface area contributed by atoms with Gasteiger partial charge < -0.3 is 4.90 Å². The molecule has 0 unspecified atom stereocenters. The van der Waals surface area contributed by atoms with E-state index in [0.29, 0.717) is 0 Å². The fraction of sp³-hybridized carbons (Fsp3) is 0.0263. The fourth-order valence-electron chi connectivity index (χ4n) is 5.73. The first-order valence-electron chi connectivity index (χ1n) is 14.8. The largest absolute Gasteiger partial charge is 0.328 e. The van der Waals surface area contributed by atoms with E-state index < -0.39 is 0 Å². The molecule has 0 aliphatic carbocycles. The Morgan fingerprint density at radius 2 is 1.16 bits per heavy atom. The third-order valence-corrected chi connectivity index (χ3v) is 7.90. The molecule has 8 aromatic rings. The topological polar surface area (TPSA) is 72.6 Å². The molecule has 0 aliphatic rings. The van der Waals surface area contributed by atoms with Gasteiger partial charge in [0, 0.05) is 36.1 Å². The van der Waals surface area contributed by atoms with E-state index in [9.17, 15) is 0 Å². The number of pyridine rings is 3. The lowest BCUT2D eigenvalue weighted by molar-refractivity contribution is 1.07. The maximum atomic E-state index is 5.42. The van der Waals surface area contributed by atoms with Crippen LogP contribution < -0.4 is 4.90 Å². The highest BCUT2D eigenvalue weighted by atomic mass is 15.2. The molecule has 5 heterocycles. The maximum absolute atomic E-state index is 5.42. The van der Waals surface area contributed by atoms with Gasteiger partial charge in [0.1, 0.15) is 11.2 Å². The first kappa shape index (κ1) is 26.4. The predicted octanol–water partition coefficient (Wildman–Crippen LogP) is 8.53. The molecule has 0 fully saturated rings. The Hall–Kier alpha value is -6.21. The van der Waals surface area contributed by atoms with E-state index >= 15 is 0 Å². The molecule has 0 spiro atoms. The van der Waals surface area contributed by atoms with E-state index in [2.05, 4.69) is 68.0 Å². The van der Waals surface area contributed by atoms with Crippen LogP contribution in [0.2, 0.25) is 0 Å². The number of para-hydroxylation sites is 2. The number of hydrogen-bond donors (Lipinski definition) is 0. The number of nitrogens with zero attached hydrogens (tertiary/aromatic N) is 7. The summed E-state index contributed by atoms with van der Waals surface area (Å²) >= 11 is 0. The summed E-state index contributed by atoms with van der Waals surface area (Å²) in [6.45, 7) is 0. The van der Waals surface area contributed by atoms with E-state index in [0.717, 1.165) is 73.3 Å². The lowest BCUT2D eigenvalue weighted by atomic mass is 10.1. The average molecular weight is 582 g/mol. The lowest BCUT2D eigenvalue weighted by Gasteiger charge is -2.21. The van der Waals surface area contributed by atoms with Gasteiger partial charge in [-0.15, -0.1) is 0 Å². The Balaban J connectivity index is 1.45. The minimum atomic E-state index is 0.746. The first-order valence-corrected chi connectivity index (χ1v) is 14.8. The van der Waals surface area contributed by atoms with Crippen molar-refractivity contribution < 1.29 is 0 Å². The maximum Gasteiger partial charge on any atom is 0.166 e. The summed E-state index contributed by atoms with van der Waals surface area (Å²) in [4.78, 5) is 27.1. The molecule has 0 radical (unpaired) electrons. The molecule has 0 N–H and O–H groups in total. The molecular weight excluding hydrogens is 554 g/mol. The van der Waals surface area contributed by atoms with Crippen molar-refractivity contribution in [2.24, 2.45) is 0 Å². The van der Waals surface area contributed by atoms with Crippen LogP contribution in [0.1, 0.15) is 0 Å². The zero-order valence-electron chi connectivity index (χ0n) is 24.5. The second kappa shape index (κ2) is 11.1. The van der Waals surface area contributed by atoms with Crippen LogP contribution in [0, 0.1) is 0 Å². The fourth-order valence-corrected chi connectivity index (χ4v) is 5.73. The predicted molar refractivity (Wildman–Crippen MR) is 181 cm³/mol. The van der Waals surface area contributed by atoms with Crippen molar-refractivity contribution in [1.29, 1.82) is 0 Å². The van der Waals surface area contributed by atoms with E-state index in [-0.39, 0.29) is 0 Å². The Labute approximate surface area is 260 Å². The number of hydrogen-bond acceptors (Lipinski definition) is 6. The Kier molecular flexibility index (Phi) is 6.53. The number of rotatable bonds is 6. The van der Waals surface area contributed by atoms with Gasteiger partial charge in [0.15, 0.2) is 11.5 Å². The van der Waals surface area contributed by atoms with Crippen LogP contribution in [0.25, 0.3) is 61.8 Å². The second-order valence-electron chi connectivity index (χ2n) is 10.7. The lowest BCUT2D eigenvalue weighted by Crippen LogP contribution is -2.14. The van der Waals surface area contributed by atoms with Gasteiger partial charge in [-0.2, -0.15) is 0 Å². The second-order valence-corrected chi connectivity index (χ2v) is 10.7. The van der Waals surface area contributed by atoms with Crippen LogP contribution in [0.5, 0.6) is 0 Å². The first-order chi connectivity index (χ1) is 22.2. The van der Waals surface area contributed by atoms with Crippen molar-refractivity contribution in [1.82, 2.24) is 29.5 Å². The van der Waals surface area contributed by atoms with Gasteiger partial charge in [-0.05, 0) is 54.6 Å². The van der Waals surface area contributed by atoms with Crippen LogP contribution >= 0.6 is 0 Å². The standard InChI is InChI=1S/C38H27N7/c1-44(27-16-6-3-7-17-27)37-35(26-14-4-2-5-15-26)42-36-29-18-8-9-21-34(29)45(38(36)43-37)28-24-32(30-19-10-12-22-39-30)41-33(25-28)31-20-11-13-23-40-31/h2-25H,1H3. The number of aromatic nitrogens is 6. The molecule has 7 nitrogen and oxygen atoms in total. The van der Waals surface area contributed by atoms with Crippen LogP contribution in [0.3, 0.4) is 0 Å². The highest BCUT2D eigenvalue weighted by Crippen LogP contribution is 2.38. The molecule has 3 aromatic carbocycles. The van der Waals surface area contributed by atoms with E-state index in [4.69, 9.17) is 15.0 Å². The van der Waals surface area contributed by atoms with Crippen LogP contribution in [-0.4, -0.2) is 36.5 Å². The number of anilines is 2. The molecule has 45 heavy (non-hydrogen) atoms. The third-order valence-electron chi connectivity index (χ3n) is 7.90. The van der Waals surface area contributed by atoms with E-state index in [1.54, 1.807) is 12.4 Å². The number of benzene rings is 3. The van der Waals surface area contributed by atoms with Crippen LogP contribution in [-0.2, 0) is 0 Å². The quantitative estimate of drug-likeness (QED) is 0.196. The van der Waals surface area contributed by atoms with Gasteiger partial charge >= 0.3 is 0 Å². The average Bonchev–Trinajstić information content (AvgIpc) is 3.45.